The quantitative estimate of drug-likeness (QED) is 0.629. The van der Waals surface area contributed by atoms with Gasteiger partial charge >= 0.3 is 12.1 Å². The van der Waals surface area contributed by atoms with Crippen molar-refractivity contribution in [3.63, 3.8) is 0 Å². The molecule has 0 spiro atoms. The fourth-order valence-corrected chi connectivity index (χ4v) is 2.77. The molecule has 1 amide bonds. The number of hydrogen-bond donors (Lipinski definition) is 1. The summed E-state index contributed by atoms with van der Waals surface area (Å²) in [6, 6.07) is 2.04. The highest BCUT2D eigenvalue weighted by Gasteiger charge is 2.27. The van der Waals surface area contributed by atoms with Gasteiger partial charge in [-0.1, -0.05) is 0 Å². The van der Waals surface area contributed by atoms with E-state index in [1.54, 1.807) is 25.7 Å². The monoisotopic (exact) mass is 381 g/mol. The molecule has 1 N–H and O–H groups in total. The lowest BCUT2D eigenvalue weighted by atomic mass is 10.0. The van der Waals surface area contributed by atoms with Crippen LogP contribution < -0.4 is 5.32 Å². The van der Waals surface area contributed by atoms with Crippen molar-refractivity contribution >= 4 is 23.4 Å². The van der Waals surface area contributed by atoms with Gasteiger partial charge in [-0.15, -0.1) is 4.91 Å². The normalized spacial score (nSPS) is 15.2. The molecule has 1 aromatic rings. The summed E-state index contributed by atoms with van der Waals surface area (Å²) in [5.41, 5.74) is -0.787. The highest BCUT2D eigenvalue weighted by atomic mass is 19.1. The third-order valence-electron chi connectivity index (χ3n) is 4.10. The molecule has 1 heterocycles. The smallest absolute Gasteiger partial charge is 0.410 e. The van der Waals surface area contributed by atoms with Crippen LogP contribution >= 0.6 is 0 Å². The summed E-state index contributed by atoms with van der Waals surface area (Å²) in [7, 11) is 1.13. The van der Waals surface area contributed by atoms with Crippen LogP contribution in [0.1, 0.15) is 44.0 Å². The first-order valence-electron chi connectivity index (χ1n) is 8.64. The van der Waals surface area contributed by atoms with Crippen LogP contribution in [0, 0.1) is 10.7 Å². The van der Waals surface area contributed by atoms with E-state index in [-0.39, 0.29) is 29.1 Å². The van der Waals surface area contributed by atoms with Crippen LogP contribution in [0.15, 0.2) is 17.3 Å². The van der Waals surface area contributed by atoms with Gasteiger partial charge in [0.15, 0.2) is 0 Å². The first kappa shape index (κ1) is 20.6. The Morgan fingerprint density at radius 1 is 1.26 bits per heavy atom. The fraction of sp³-hybridized carbons (Fsp3) is 0.556. The number of methoxy groups -OCH3 is 1. The van der Waals surface area contributed by atoms with Gasteiger partial charge in [0.05, 0.1) is 18.4 Å². The molecule has 0 saturated carbocycles. The maximum absolute atomic E-state index is 14.1. The molecule has 0 bridgehead atoms. The number of carbonyl (C=O) groups is 2. The van der Waals surface area contributed by atoms with Crippen molar-refractivity contribution in [1.82, 2.24) is 4.90 Å². The number of halogens is 1. The van der Waals surface area contributed by atoms with Gasteiger partial charge in [0.2, 0.25) is 0 Å². The molecule has 1 aliphatic heterocycles. The summed E-state index contributed by atoms with van der Waals surface area (Å²) in [5.74, 6) is -1.68. The Hall–Kier alpha value is -2.71. The number of nitrogens with zero attached hydrogens (tertiary/aromatic N) is 2. The molecule has 0 radical (unpaired) electrons. The number of amides is 1. The van der Waals surface area contributed by atoms with Gasteiger partial charge in [0, 0.05) is 25.2 Å². The molecule has 1 saturated heterocycles. The molecule has 9 heteroatoms. The van der Waals surface area contributed by atoms with Crippen molar-refractivity contribution in [3.05, 3.63) is 28.4 Å². The summed E-state index contributed by atoms with van der Waals surface area (Å²) >= 11 is 0. The lowest BCUT2D eigenvalue weighted by Gasteiger charge is -2.34. The molecule has 8 nitrogen and oxygen atoms in total. The number of rotatable bonds is 4. The molecule has 27 heavy (non-hydrogen) atoms. The number of piperidine rings is 1. The number of esters is 1. The molecular weight excluding hydrogens is 357 g/mol. The summed E-state index contributed by atoms with van der Waals surface area (Å²) in [6.45, 7) is 6.36. The van der Waals surface area contributed by atoms with Gasteiger partial charge in [-0.25, -0.2) is 14.0 Å². The minimum Gasteiger partial charge on any atom is -0.465 e. The van der Waals surface area contributed by atoms with E-state index >= 15 is 0 Å². The highest BCUT2D eigenvalue weighted by molar-refractivity contribution is 5.92. The Balaban J connectivity index is 2.03. The van der Waals surface area contributed by atoms with Crippen LogP contribution in [-0.4, -0.2) is 48.8 Å². The number of nitrogens with one attached hydrogen (secondary N) is 1. The number of carbonyl (C=O) groups excluding carboxylic acids is 2. The van der Waals surface area contributed by atoms with Crippen molar-refractivity contribution in [2.24, 2.45) is 5.18 Å². The van der Waals surface area contributed by atoms with Crippen LogP contribution in [0.4, 0.5) is 20.6 Å². The predicted octanol–water partition coefficient (Wildman–Crippen LogP) is 3.82. The minimum atomic E-state index is -0.880. The van der Waals surface area contributed by atoms with Gasteiger partial charge in [-0.05, 0) is 44.9 Å². The molecule has 0 atom stereocenters. The fourth-order valence-electron chi connectivity index (χ4n) is 2.77. The SMILES string of the molecule is COC(=O)c1cc(N=O)c(NC2CCN(C(=O)OC(C)(C)C)CC2)cc1F. The van der Waals surface area contributed by atoms with Crippen LogP contribution in [0.5, 0.6) is 0 Å². The molecule has 0 aliphatic carbocycles. The van der Waals surface area contributed by atoms with Crippen LogP contribution in [0.2, 0.25) is 0 Å². The third kappa shape index (κ3) is 5.38. The first-order chi connectivity index (χ1) is 12.6. The summed E-state index contributed by atoms with van der Waals surface area (Å²) in [6.07, 6.45) is 0.820. The zero-order valence-corrected chi connectivity index (χ0v) is 15.9. The zero-order chi connectivity index (χ0) is 20.2. The molecule has 2 rings (SSSR count). The van der Waals surface area contributed by atoms with Crippen LogP contribution in [-0.2, 0) is 9.47 Å². The zero-order valence-electron chi connectivity index (χ0n) is 15.9. The topological polar surface area (TPSA) is 97.3 Å². The third-order valence-corrected chi connectivity index (χ3v) is 4.10. The van der Waals surface area contributed by atoms with Gasteiger partial charge in [0.1, 0.15) is 17.1 Å². The van der Waals surface area contributed by atoms with Crippen molar-refractivity contribution in [3.8, 4) is 0 Å². The lowest BCUT2D eigenvalue weighted by Crippen LogP contribution is -2.44. The second kappa shape index (κ2) is 8.32. The van der Waals surface area contributed by atoms with Gasteiger partial charge < -0.3 is 19.7 Å². The first-order valence-corrected chi connectivity index (χ1v) is 8.64. The van der Waals surface area contributed by atoms with E-state index in [0.29, 0.717) is 25.9 Å². The van der Waals surface area contributed by atoms with E-state index in [9.17, 15) is 18.9 Å². The number of nitroso groups, excluding NO2 is 1. The average Bonchev–Trinajstić information content (AvgIpc) is 2.60. The maximum Gasteiger partial charge on any atom is 0.410 e. The van der Waals surface area contributed by atoms with E-state index in [1.807, 2.05) is 0 Å². The van der Waals surface area contributed by atoms with E-state index in [4.69, 9.17) is 4.74 Å². The highest BCUT2D eigenvalue weighted by Crippen LogP contribution is 2.30. The van der Waals surface area contributed by atoms with Crippen LogP contribution in [0.25, 0.3) is 0 Å². The van der Waals surface area contributed by atoms with Crippen molar-refractivity contribution in [1.29, 1.82) is 0 Å². The molecule has 0 aromatic heterocycles. The number of likely N-dealkylation sites (tertiary alicyclic amines) is 1. The average molecular weight is 381 g/mol. The number of ether oxygens (including phenoxy) is 2. The van der Waals surface area contributed by atoms with Crippen molar-refractivity contribution in [2.45, 2.75) is 45.3 Å². The standard InChI is InChI=1S/C18H24FN3O5/c1-18(2,3)27-17(24)22-7-5-11(6-8-22)20-14-10-13(19)12(16(23)26-4)9-15(14)21-25/h9-11,20H,5-8H2,1-4H3. The lowest BCUT2D eigenvalue weighted by molar-refractivity contribution is 0.0210. The summed E-state index contributed by atoms with van der Waals surface area (Å²) in [5, 5.41) is 5.93. The van der Waals surface area contributed by atoms with E-state index in [0.717, 1.165) is 19.2 Å². The Kier molecular flexibility index (Phi) is 6.35. The van der Waals surface area contributed by atoms with Crippen LogP contribution in [0.3, 0.4) is 0 Å². The molecule has 1 aliphatic rings. The minimum absolute atomic E-state index is 0.0763. The number of anilines is 1. The number of benzene rings is 1. The molecule has 1 aromatic carbocycles. The number of hydrogen-bond acceptors (Lipinski definition) is 7. The predicted molar refractivity (Wildman–Crippen MR) is 97.6 cm³/mol. The second-order valence-electron chi connectivity index (χ2n) is 7.32. The molecule has 0 unspecified atom stereocenters. The molecule has 148 valence electrons. The maximum atomic E-state index is 14.1. The van der Waals surface area contributed by atoms with Gasteiger partial charge in [0.25, 0.3) is 0 Å². The Bertz CT molecular complexity index is 724. The van der Waals surface area contributed by atoms with Crippen molar-refractivity contribution < 1.29 is 23.5 Å². The van der Waals surface area contributed by atoms with E-state index < -0.39 is 17.4 Å². The molecule has 1 fully saturated rings. The van der Waals surface area contributed by atoms with Gasteiger partial charge in [-0.2, -0.15) is 0 Å². The summed E-state index contributed by atoms with van der Waals surface area (Å²) < 4.78 is 24.0. The van der Waals surface area contributed by atoms with E-state index in [1.165, 1.54) is 0 Å². The van der Waals surface area contributed by atoms with Crippen molar-refractivity contribution in [2.75, 3.05) is 25.5 Å². The molecular formula is C18H24FN3O5. The van der Waals surface area contributed by atoms with E-state index in [2.05, 4.69) is 15.2 Å². The van der Waals surface area contributed by atoms with Gasteiger partial charge in [-0.3, -0.25) is 0 Å². The summed E-state index contributed by atoms with van der Waals surface area (Å²) in [4.78, 5) is 36.3. The Morgan fingerprint density at radius 2 is 1.89 bits per heavy atom. The Morgan fingerprint density at radius 3 is 2.41 bits per heavy atom. The largest absolute Gasteiger partial charge is 0.465 e. The Labute approximate surface area is 157 Å². The second-order valence-corrected chi connectivity index (χ2v) is 7.32.